The lowest BCUT2D eigenvalue weighted by atomic mass is 10.3. The molecule has 0 atom stereocenters. The van der Waals surface area contributed by atoms with Crippen molar-refractivity contribution in [1.29, 1.82) is 0 Å². The van der Waals surface area contributed by atoms with Gasteiger partial charge in [0, 0.05) is 11.1 Å². The number of aryl methyl sites for hydroxylation is 1. The van der Waals surface area contributed by atoms with E-state index in [1.807, 2.05) is 30.5 Å². The zero-order valence-corrected chi connectivity index (χ0v) is 10.6. The number of hydrogen-bond acceptors (Lipinski definition) is 3. The molecule has 1 aromatic carbocycles. The Bertz CT molecular complexity index is 468. The molecule has 0 amide bonds. The van der Waals surface area contributed by atoms with Gasteiger partial charge >= 0.3 is 0 Å². The molecular formula is C12H13ClN2S. The summed E-state index contributed by atoms with van der Waals surface area (Å²) in [5.41, 5.74) is 0.968. The van der Waals surface area contributed by atoms with Crippen LogP contribution in [0, 0.1) is 0 Å². The second-order valence-electron chi connectivity index (χ2n) is 3.41. The number of benzene rings is 1. The Morgan fingerprint density at radius 2 is 2.19 bits per heavy atom. The van der Waals surface area contributed by atoms with E-state index in [1.165, 1.54) is 9.88 Å². The van der Waals surface area contributed by atoms with Gasteiger partial charge in [-0.2, -0.15) is 0 Å². The van der Waals surface area contributed by atoms with Crippen LogP contribution in [-0.4, -0.2) is 4.98 Å². The summed E-state index contributed by atoms with van der Waals surface area (Å²) < 4.78 is 0. The molecule has 0 aliphatic rings. The van der Waals surface area contributed by atoms with Crippen molar-refractivity contribution >= 4 is 28.6 Å². The van der Waals surface area contributed by atoms with Crippen LogP contribution in [0.2, 0.25) is 5.02 Å². The fourth-order valence-corrected chi connectivity index (χ4v) is 2.38. The van der Waals surface area contributed by atoms with Crippen LogP contribution in [0.4, 0.5) is 5.69 Å². The summed E-state index contributed by atoms with van der Waals surface area (Å²) in [6.07, 6.45) is 2.92. The number of thiazole rings is 1. The maximum atomic E-state index is 6.05. The molecule has 0 bridgehead atoms. The molecule has 16 heavy (non-hydrogen) atoms. The third-order valence-electron chi connectivity index (χ3n) is 2.23. The van der Waals surface area contributed by atoms with Crippen molar-refractivity contribution in [3.63, 3.8) is 0 Å². The molecular weight excluding hydrogens is 240 g/mol. The summed E-state index contributed by atoms with van der Waals surface area (Å²) >= 11 is 7.79. The molecule has 0 aliphatic heterocycles. The van der Waals surface area contributed by atoms with Crippen molar-refractivity contribution in [1.82, 2.24) is 4.98 Å². The molecule has 1 aromatic heterocycles. The molecule has 2 aromatic rings. The number of anilines is 1. The van der Waals surface area contributed by atoms with Crippen molar-refractivity contribution in [2.24, 2.45) is 0 Å². The molecule has 2 nitrogen and oxygen atoms in total. The molecule has 0 spiro atoms. The molecule has 0 unspecified atom stereocenters. The normalized spacial score (nSPS) is 10.4. The summed E-state index contributed by atoms with van der Waals surface area (Å²) in [5, 5.41) is 5.23. The zero-order chi connectivity index (χ0) is 11.4. The highest BCUT2D eigenvalue weighted by atomic mass is 35.5. The third-order valence-corrected chi connectivity index (χ3v) is 3.70. The fraction of sp³-hybridized carbons (Fsp3) is 0.250. The van der Waals surface area contributed by atoms with E-state index in [1.54, 1.807) is 11.3 Å². The van der Waals surface area contributed by atoms with Crippen LogP contribution in [0.1, 0.15) is 16.8 Å². The number of aromatic nitrogens is 1. The van der Waals surface area contributed by atoms with Crippen molar-refractivity contribution < 1.29 is 0 Å². The van der Waals surface area contributed by atoms with Gasteiger partial charge in [0.1, 0.15) is 0 Å². The van der Waals surface area contributed by atoms with Crippen molar-refractivity contribution in [2.45, 2.75) is 19.9 Å². The van der Waals surface area contributed by atoms with Gasteiger partial charge < -0.3 is 5.32 Å². The largest absolute Gasteiger partial charge is 0.379 e. The highest BCUT2D eigenvalue weighted by Crippen LogP contribution is 2.22. The van der Waals surface area contributed by atoms with Crippen LogP contribution in [0.25, 0.3) is 0 Å². The first kappa shape index (κ1) is 11.4. The second-order valence-corrected chi connectivity index (χ2v) is 5.01. The Morgan fingerprint density at radius 3 is 2.88 bits per heavy atom. The maximum absolute atomic E-state index is 6.05. The molecule has 0 saturated heterocycles. The van der Waals surface area contributed by atoms with Crippen LogP contribution in [-0.2, 0) is 13.0 Å². The summed E-state index contributed by atoms with van der Waals surface area (Å²) in [6, 6.07) is 7.76. The highest BCUT2D eigenvalue weighted by molar-refractivity contribution is 7.11. The van der Waals surface area contributed by atoms with E-state index in [0.717, 1.165) is 23.7 Å². The summed E-state index contributed by atoms with van der Waals surface area (Å²) in [6.45, 7) is 2.89. The minimum absolute atomic E-state index is 0.753. The van der Waals surface area contributed by atoms with E-state index in [-0.39, 0.29) is 0 Å². The lowest BCUT2D eigenvalue weighted by Gasteiger charge is -2.05. The number of nitrogens with zero attached hydrogens (tertiary/aromatic N) is 1. The summed E-state index contributed by atoms with van der Waals surface area (Å²) in [7, 11) is 0. The average Bonchev–Trinajstić information content (AvgIpc) is 2.76. The Morgan fingerprint density at radius 1 is 1.38 bits per heavy atom. The minimum Gasteiger partial charge on any atom is -0.379 e. The number of halogens is 1. The predicted molar refractivity (Wildman–Crippen MR) is 70.3 cm³/mol. The second kappa shape index (κ2) is 5.32. The van der Waals surface area contributed by atoms with Crippen molar-refractivity contribution in [2.75, 3.05) is 5.32 Å². The van der Waals surface area contributed by atoms with E-state index in [4.69, 9.17) is 11.6 Å². The monoisotopic (exact) mass is 252 g/mol. The van der Waals surface area contributed by atoms with E-state index in [9.17, 15) is 0 Å². The maximum Gasteiger partial charge on any atom is 0.0925 e. The van der Waals surface area contributed by atoms with Crippen molar-refractivity contribution in [3.05, 3.63) is 45.4 Å². The molecule has 0 saturated carbocycles. The third kappa shape index (κ3) is 2.74. The average molecular weight is 253 g/mol. The number of para-hydroxylation sites is 1. The Kier molecular flexibility index (Phi) is 3.80. The highest BCUT2D eigenvalue weighted by Gasteiger charge is 2.01. The van der Waals surface area contributed by atoms with E-state index >= 15 is 0 Å². The van der Waals surface area contributed by atoms with Gasteiger partial charge in [-0.25, -0.2) is 4.98 Å². The lowest BCUT2D eigenvalue weighted by Crippen LogP contribution is -1.97. The standard InChI is InChI=1S/C12H13ClN2S/c1-2-12-15-8-9(16-12)7-14-11-6-4-3-5-10(11)13/h3-6,8,14H,2,7H2,1H3. The molecule has 84 valence electrons. The molecule has 1 N–H and O–H groups in total. The van der Waals surface area contributed by atoms with Gasteiger partial charge in [0.25, 0.3) is 0 Å². The fourth-order valence-electron chi connectivity index (χ4n) is 1.38. The Labute approximate surface area is 104 Å². The van der Waals surface area contributed by atoms with E-state index in [2.05, 4.69) is 17.2 Å². The van der Waals surface area contributed by atoms with Gasteiger partial charge in [0.15, 0.2) is 0 Å². The number of rotatable bonds is 4. The zero-order valence-electron chi connectivity index (χ0n) is 9.03. The van der Waals surface area contributed by atoms with Gasteiger partial charge in [-0.1, -0.05) is 30.7 Å². The summed E-state index contributed by atoms with van der Waals surface area (Å²) in [4.78, 5) is 5.55. The van der Waals surface area contributed by atoms with Crippen LogP contribution in [0.15, 0.2) is 30.5 Å². The minimum atomic E-state index is 0.753. The van der Waals surface area contributed by atoms with Crippen LogP contribution in [0.5, 0.6) is 0 Å². The van der Waals surface area contributed by atoms with Gasteiger partial charge in [-0.15, -0.1) is 11.3 Å². The summed E-state index contributed by atoms with van der Waals surface area (Å²) in [5.74, 6) is 0. The number of nitrogens with one attached hydrogen (secondary N) is 1. The smallest absolute Gasteiger partial charge is 0.0925 e. The van der Waals surface area contributed by atoms with E-state index < -0.39 is 0 Å². The van der Waals surface area contributed by atoms with Gasteiger partial charge in [0.05, 0.1) is 22.3 Å². The van der Waals surface area contributed by atoms with Crippen molar-refractivity contribution in [3.8, 4) is 0 Å². The molecule has 0 fully saturated rings. The van der Waals surface area contributed by atoms with Gasteiger partial charge in [-0.3, -0.25) is 0 Å². The van der Waals surface area contributed by atoms with E-state index in [0.29, 0.717) is 0 Å². The molecule has 2 rings (SSSR count). The number of hydrogen-bond donors (Lipinski definition) is 1. The first-order chi connectivity index (χ1) is 7.79. The van der Waals surface area contributed by atoms with Gasteiger partial charge in [-0.05, 0) is 18.6 Å². The first-order valence-corrected chi connectivity index (χ1v) is 6.41. The molecule has 0 radical (unpaired) electrons. The Balaban J connectivity index is 1.99. The van der Waals surface area contributed by atoms with Crippen LogP contribution in [0.3, 0.4) is 0 Å². The topological polar surface area (TPSA) is 24.9 Å². The quantitative estimate of drug-likeness (QED) is 0.891. The SMILES string of the molecule is CCc1ncc(CNc2ccccc2Cl)s1. The Hall–Kier alpha value is -1.06. The first-order valence-electron chi connectivity index (χ1n) is 5.21. The van der Waals surface area contributed by atoms with Gasteiger partial charge in [0.2, 0.25) is 0 Å². The predicted octanol–water partition coefficient (Wildman–Crippen LogP) is 3.97. The van der Waals surface area contributed by atoms with Crippen LogP contribution < -0.4 is 5.32 Å². The lowest BCUT2D eigenvalue weighted by molar-refractivity contribution is 1.09. The van der Waals surface area contributed by atoms with Crippen LogP contribution >= 0.6 is 22.9 Å². The molecule has 4 heteroatoms. The molecule has 0 aliphatic carbocycles. The molecule has 1 heterocycles.